The molecule has 0 rings (SSSR count). The van der Waals surface area contributed by atoms with Gasteiger partial charge in [0.05, 0.1) is 13.2 Å². The summed E-state index contributed by atoms with van der Waals surface area (Å²) in [6.45, 7) is 9.45. The molecular formula is C15H27NO3S2. The second kappa shape index (κ2) is 14.4. The lowest BCUT2D eigenvalue weighted by Gasteiger charge is -2.06. The van der Waals surface area contributed by atoms with Gasteiger partial charge in [0.1, 0.15) is 12.5 Å². The van der Waals surface area contributed by atoms with Crippen LogP contribution in [0.15, 0.2) is 0 Å². The number of carbonyl (C=O) groups excluding carboxylic acids is 1. The van der Waals surface area contributed by atoms with Crippen molar-refractivity contribution in [1.29, 1.82) is 0 Å². The minimum absolute atomic E-state index is 0.265. The summed E-state index contributed by atoms with van der Waals surface area (Å²) in [6, 6.07) is 0. The number of alkyl carbamates (subject to hydrolysis) is 1. The molecule has 0 radical (unpaired) electrons. The predicted molar refractivity (Wildman–Crippen MR) is 92.3 cm³/mol. The van der Waals surface area contributed by atoms with Crippen molar-refractivity contribution in [2.75, 3.05) is 31.5 Å². The number of carbonyl (C=O) groups is 1. The van der Waals surface area contributed by atoms with Crippen molar-refractivity contribution in [1.82, 2.24) is 5.32 Å². The van der Waals surface area contributed by atoms with Crippen LogP contribution in [0, 0.1) is 23.7 Å². The van der Waals surface area contributed by atoms with E-state index in [0.717, 1.165) is 11.7 Å². The van der Waals surface area contributed by atoms with Gasteiger partial charge < -0.3 is 14.8 Å². The molecule has 0 saturated heterocycles. The van der Waals surface area contributed by atoms with Crippen molar-refractivity contribution in [2.24, 2.45) is 11.8 Å². The van der Waals surface area contributed by atoms with Crippen LogP contribution in [-0.4, -0.2) is 37.5 Å². The van der Waals surface area contributed by atoms with E-state index in [0.29, 0.717) is 25.0 Å². The fourth-order valence-electron chi connectivity index (χ4n) is 1.09. The Bertz CT molecular complexity index is 325. The van der Waals surface area contributed by atoms with Crippen LogP contribution >= 0.6 is 21.6 Å². The van der Waals surface area contributed by atoms with Gasteiger partial charge in [0, 0.05) is 11.7 Å². The molecule has 0 heterocycles. The van der Waals surface area contributed by atoms with E-state index >= 15 is 0 Å². The lowest BCUT2D eigenvalue weighted by molar-refractivity contribution is 0.0941. The van der Waals surface area contributed by atoms with E-state index in [1.165, 1.54) is 6.42 Å². The first-order valence-electron chi connectivity index (χ1n) is 7.23. The molecular weight excluding hydrogens is 306 g/mol. The predicted octanol–water partition coefficient (Wildman–Crippen LogP) is 3.77. The molecule has 0 aliphatic heterocycles. The van der Waals surface area contributed by atoms with E-state index in [-0.39, 0.29) is 6.61 Å². The van der Waals surface area contributed by atoms with E-state index in [9.17, 15) is 4.79 Å². The molecule has 0 aromatic rings. The normalized spacial score (nSPS) is 10.4. The van der Waals surface area contributed by atoms with Crippen molar-refractivity contribution in [2.45, 2.75) is 34.1 Å². The van der Waals surface area contributed by atoms with Crippen molar-refractivity contribution < 1.29 is 14.3 Å². The second-order valence-corrected chi connectivity index (χ2v) is 7.64. The first-order chi connectivity index (χ1) is 10.0. The summed E-state index contributed by atoms with van der Waals surface area (Å²) in [5, 5.41) is 2.57. The summed E-state index contributed by atoms with van der Waals surface area (Å²) < 4.78 is 10.3. The molecule has 0 atom stereocenters. The average molecular weight is 334 g/mol. The van der Waals surface area contributed by atoms with Crippen molar-refractivity contribution in [3.8, 4) is 11.8 Å². The van der Waals surface area contributed by atoms with Gasteiger partial charge in [0.2, 0.25) is 0 Å². The molecule has 4 nitrogen and oxygen atoms in total. The standard InChI is InChI=1S/C15H27NO3S2/c1-13(2)6-5-8-16-15(17)19-10-9-18-12-21-20-11-7-14(3)4/h13-14H,7-12H2,1-4H3,(H,16,17). The summed E-state index contributed by atoms with van der Waals surface area (Å²) >= 11 is 0. The van der Waals surface area contributed by atoms with Crippen LogP contribution in [0.4, 0.5) is 4.79 Å². The quantitative estimate of drug-likeness (QED) is 0.285. The van der Waals surface area contributed by atoms with Gasteiger partial charge in [-0.3, -0.25) is 0 Å². The molecule has 1 N–H and O–H groups in total. The Kier molecular flexibility index (Phi) is 14.1. The lowest BCUT2D eigenvalue weighted by atomic mass is 10.2. The van der Waals surface area contributed by atoms with Crippen LogP contribution in [0.5, 0.6) is 0 Å². The molecule has 0 saturated carbocycles. The van der Waals surface area contributed by atoms with E-state index in [1.807, 2.05) is 24.6 Å². The Morgan fingerprint density at radius 1 is 1.19 bits per heavy atom. The number of rotatable bonds is 10. The third kappa shape index (κ3) is 17.4. The smallest absolute Gasteiger partial charge is 0.407 e. The molecule has 1 amide bonds. The highest BCUT2D eigenvalue weighted by Gasteiger charge is 1.99. The fraction of sp³-hybridized carbons (Fsp3) is 0.800. The highest BCUT2D eigenvalue weighted by molar-refractivity contribution is 8.76. The molecule has 21 heavy (non-hydrogen) atoms. The zero-order chi connectivity index (χ0) is 15.9. The minimum Gasteiger partial charge on any atom is -0.447 e. The van der Waals surface area contributed by atoms with Crippen molar-refractivity contribution in [3.63, 3.8) is 0 Å². The first kappa shape index (κ1) is 20.5. The molecule has 0 aliphatic rings. The highest BCUT2D eigenvalue weighted by atomic mass is 33.1. The van der Waals surface area contributed by atoms with Crippen LogP contribution in [0.2, 0.25) is 0 Å². The van der Waals surface area contributed by atoms with Crippen LogP contribution in [0.1, 0.15) is 34.1 Å². The number of ether oxygens (including phenoxy) is 2. The monoisotopic (exact) mass is 333 g/mol. The summed E-state index contributed by atoms with van der Waals surface area (Å²) in [4.78, 5) is 11.3. The first-order valence-corrected chi connectivity index (χ1v) is 9.72. The van der Waals surface area contributed by atoms with Gasteiger partial charge in [-0.1, -0.05) is 61.1 Å². The summed E-state index contributed by atoms with van der Waals surface area (Å²) in [7, 11) is 3.51. The maximum Gasteiger partial charge on any atom is 0.407 e. The maximum absolute atomic E-state index is 11.3. The van der Waals surface area contributed by atoms with E-state index in [1.54, 1.807) is 10.8 Å². The SMILES string of the molecule is CC(C)C#CCNC(=O)OCCOCSSCCC(C)C. The second-order valence-electron chi connectivity index (χ2n) is 5.11. The Hall–Kier alpha value is -0.510. The summed E-state index contributed by atoms with van der Waals surface area (Å²) in [5.41, 5.74) is 0. The Labute approximate surface area is 136 Å². The van der Waals surface area contributed by atoms with Gasteiger partial charge in [-0.05, 0) is 12.3 Å². The molecule has 0 aliphatic carbocycles. The number of amides is 1. The Morgan fingerprint density at radius 2 is 1.95 bits per heavy atom. The van der Waals surface area contributed by atoms with Gasteiger partial charge in [0.15, 0.2) is 0 Å². The van der Waals surface area contributed by atoms with E-state index in [4.69, 9.17) is 9.47 Å². The number of hydrogen-bond donors (Lipinski definition) is 1. The van der Waals surface area contributed by atoms with Gasteiger partial charge in [-0.25, -0.2) is 4.79 Å². The molecule has 0 unspecified atom stereocenters. The lowest BCUT2D eigenvalue weighted by Crippen LogP contribution is -2.25. The van der Waals surface area contributed by atoms with Gasteiger partial charge in [-0.2, -0.15) is 0 Å². The number of hydrogen-bond acceptors (Lipinski definition) is 5. The fourth-order valence-corrected chi connectivity index (χ4v) is 3.08. The zero-order valence-electron chi connectivity index (χ0n) is 13.4. The Balaban J connectivity index is 3.28. The van der Waals surface area contributed by atoms with Crippen LogP contribution in [-0.2, 0) is 9.47 Å². The topological polar surface area (TPSA) is 47.6 Å². The molecule has 0 aromatic carbocycles. The van der Waals surface area contributed by atoms with E-state index < -0.39 is 6.09 Å². The Morgan fingerprint density at radius 3 is 2.62 bits per heavy atom. The zero-order valence-corrected chi connectivity index (χ0v) is 15.1. The third-order valence-corrected chi connectivity index (χ3v) is 4.29. The summed E-state index contributed by atoms with van der Waals surface area (Å²) in [5.74, 6) is 8.63. The third-order valence-electron chi connectivity index (χ3n) is 2.17. The largest absolute Gasteiger partial charge is 0.447 e. The van der Waals surface area contributed by atoms with E-state index in [2.05, 4.69) is 31.0 Å². The molecule has 6 heteroatoms. The van der Waals surface area contributed by atoms with Gasteiger partial charge >= 0.3 is 6.09 Å². The minimum atomic E-state index is -0.449. The average Bonchev–Trinajstić information content (AvgIpc) is 2.41. The van der Waals surface area contributed by atoms with Crippen LogP contribution in [0.25, 0.3) is 0 Å². The van der Waals surface area contributed by atoms with Gasteiger partial charge in [-0.15, -0.1) is 0 Å². The molecule has 0 aromatic heterocycles. The molecule has 0 spiro atoms. The molecule has 0 fully saturated rings. The maximum atomic E-state index is 11.3. The van der Waals surface area contributed by atoms with Crippen molar-refractivity contribution >= 4 is 27.7 Å². The van der Waals surface area contributed by atoms with Crippen LogP contribution in [0.3, 0.4) is 0 Å². The van der Waals surface area contributed by atoms with Crippen LogP contribution < -0.4 is 5.32 Å². The van der Waals surface area contributed by atoms with Gasteiger partial charge in [0.25, 0.3) is 0 Å². The van der Waals surface area contributed by atoms with Crippen molar-refractivity contribution in [3.05, 3.63) is 0 Å². The molecule has 0 bridgehead atoms. The highest BCUT2D eigenvalue weighted by Crippen LogP contribution is 2.23. The summed E-state index contributed by atoms with van der Waals surface area (Å²) in [6.07, 6.45) is 0.774. The molecule has 122 valence electrons. The number of nitrogens with one attached hydrogen (secondary N) is 1.